The Labute approximate surface area is 213 Å². The zero-order valence-electron chi connectivity index (χ0n) is 21.9. The van der Waals surface area contributed by atoms with Crippen LogP contribution < -0.4 is 5.56 Å². The van der Waals surface area contributed by atoms with Crippen LogP contribution >= 0.6 is 0 Å². The van der Waals surface area contributed by atoms with Gasteiger partial charge in [-0.3, -0.25) is 14.2 Å². The van der Waals surface area contributed by atoms with Gasteiger partial charge in [-0.25, -0.2) is 4.98 Å². The lowest BCUT2D eigenvalue weighted by Gasteiger charge is -2.31. The third-order valence-electron chi connectivity index (χ3n) is 6.87. The Kier molecular flexibility index (Phi) is 7.68. The molecule has 0 radical (unpaired) electrons. The van der Waals surface area contributed by atoms with E-state index in [0.717, 1.165) is 36.1 Å². The Morgan fingerprint density at radius 3 is 2.42 bits per heavy atom. The summed E-state index contributed by atoms with van der Waals surface area (Å²) in [4.78, 5) is 34.5. The number of fused-ring (bicyclic) bond motifs is 1. The molecule has 0 saturated carbocycles. The van der Waals surface area contributed by atoms with Gasteiger partial charge in [-0.1, -0.05) is 56.7 Å². The molecule has 0 fully saturated rings. The molecular weight excluding hydrogens is 446 g/mol. The van der Waals surface area contributed by atoms with Crippen molar-refractivity contribution in [2.75, 3.05) is 6.54 Å². The maximum atomic E-state index is 13.9. The fourth-order valence-electron chi connectivity index (χ4n) is 4.61. The van der Waals surface area contributed by atoms with E-state index in [-0.39, 0.29) is 11.5 Å². The standard InChI is InChI=1S/C31H35N3O2/c1-6-8-19-33(30(35)25-17-15-24(7-2)16-18-25)23(5)29-32-27-12-10-9-11-26(27)31(36)34(29)28-20-21(3)13-14-22(28)4/h9-18,20,23H,6-8,19H2,1-5H3. The number of unbranched alkanes of at least 4 members (excludes halogenated alkanes) is 1. The van der Waals surface area contributed by atoms with Crippen LogP contribution in [0.1, 0.15) is 72.5 Å². The Balaban J connectivity index is 1.91. The molecule has 1 heterocycles. The number of nitrogens with zero attached hydrogens (tertiary/aromatic N) is 3. The zero-order chi connectivity index (χ0) is 25.8. The third kappa shape index (κ3) is 4.97. The number of para-hydroxylation sites is 1. The Hall–Kier alpha value is -3.73. The molecule has 0 N–H and O–H groups in total. The first-order valence-corrected chi connectivity index (χ1v) is 12.8. The maximum Gasteiger partial charge on any atom is 0.266 e. The number of rotatable bonds is 8. The van der Waals surface area contributed by atoms with Crippen LogP contribution in [0.15, 0.2) is 71.5 Å². The number of aromatic nitrogens is 2. The van der Waals surface area contributed by atoms with E-state index in [0.29, 0.717) is 28.8 Å². The van der Waals surface area contributed by atoms with Gasteiger partial charge >= 0.3 is 0 Å². The quantitative estimate of drug-likeness (QED) is 0.286. The molecule has 1 unspecified atom stereocenters. The van der Waals surface area contributed by atoms with E-state index in [1.807, 2.05) is 92.4 Å². The summed E-state index contributed by atoms with van der Waals surface area (Å²) >= 11 is 0. The fourth-order valence-corrected chi connectivity index (χ4v) is 4.61. The fraction of sp³-hybridized carbons (Fsp3) is 0.323. The van der Waals surface area contributed by atoms with E-state index < -0.39 is 6.04 Å². The molecule has 4 rings (SSSR count). The SMILES string of the molecule is CCCCN(C(=O)c1ccc(CC)cc1)C(C)c1nc2ccccc2c(=O)n1-c1cc(C)ccc1C. The van der Waals surface area contributed by atoms with Gasteiger partial charge in [0.05, 0.1) is 22.6 Å². The monoisotopic (exact) mass is 481 g/mol. The largest absolute Gasteiger partial charge is 0.329 e. The summed E-state index contributed by atoms with van der Waals surface area (Å²) in [6, 6.07) is 20.9. The van der Waals surface area contributed by atoms with Crippen LogP contribution in [0.25, 0.3) is 16.6 Å². The number of carbonyl (C=O) groups excluding carboxylic acids is 1. The summed E-state index contributed by atoms with van der Waals surface area (Å²) in [5.74, 6) is 0.524. The number of aryl methyl sites for hydroxylation is 3. The molecule has 0 aliphatic rings. The molecule has 4 aromatic rings. The van der Waals surface area contributed by atoms with Crippen LogP contribution in [0, 0.1) is 13.8 Å². The van der Waals surface area contributed by atoms with Crippen molar-refractivity contribution in [3.63, 3.8) is 0 Å². The smallest absolute Gasteiger partial charge is 0.266 e. The Morgan fingerprint density at radius 1 is 1.00 bits per heavy atom. The van der Waals surface area contributed by atoms with E-state index in [2.05, 4.69) is 13.8 Å². The van der Waals surface area contributed by atoms with Crippen molar-refractivity contribution in [2.24, 2.45) is 0 Å². The van der Waals surface area contributed by atoms with E-state index >= 15 is 0 Å². The van der Waals surface area contributed by atoms with Gasteiger partial charge < -0.3 is 4.90 Å². The van der Waals surface area contributed by atoms with Gasteiger partial charge in [-0.15, -0.1) is 0 Å². The summed E-state index contributed by atoms with van der Waals surface area (Å²) in [6.07, 6.45) is 2.75. The maximum absolute atomic E-state index is 13.9. The molecule has 0 bridgehead atoms. The van der Waals surface area contributed by atoms with Crippen LogP contribution in [0.3, 0.4) is 0 Å². The van der Waals surface area contributed by atoms with E-state index in [4.69, 9.17) is 4.98 Å². The zero-order valence-corrected chi connectivity index (χ0v) is 21.9. The number of hydrogen-bond donors (Lipinski definition) is 0. The average Bonchev–Trinajstić information content (AvgIpc) is 2.90. The van der Waals surface area contributed by atoms with Crippen molar-refractivity contribution < 1.29 is 4.79 Å². The lowest BCUT2D eigenvalue weighted by atomic mass is 10.1. The van der Waals surface area contributed by atoms with Gasteiger partial charge in [0, 0.05) is 12.1 Å². The topological polar surface area (TPSA) is 55.2 Å². The van der Waals surface area contributed by atoms with Gasteiger partial charge in [0.15, 0.2) is 0 Å². The first-order chi connectivity index (χ1) is 17.3. The molecule has 3 aromatic carbocycles. The molecule has 5 heteroatoms. The van der Waals surface area contributed by atoms with Crippen molar-refractivity contribution in [1.29, 1.82) is 0 Å². The van der Waals surface area contributed by atoms with Crippen molar-refractivity contribution in [3.05, 3.63) is 105 Å². The van der Waals surface area contributed by atoms with Crippen molar-refractivity contribution in [1.82, 2.24) is 14.5 Å². The van der Waals surface area contributed by atoms with E-state index in [1.165, 1.54) is 5.56 Å². The van der Waals surface area contributed by atoms with Crippen LogP contribution in [-0.2, 0) is 6.42 Å². The molecule has 0 saturated heterocycles. The number of carbonyl (C=O) groups is 1. The first-order valence-electron chi connectivity index (χ1n) is 12.8. The van der Waals surface area contributed by atoms with Gasteiger partial charge in [0.1, 0.15) is 5.82 Å². The predicted octanol–water partition coefficient (Wildman–Crippen LogP) is 6.57. The molecular formula is C31H35N3O2. The van der Waals surface area contributed by atoms with E-state index in [1.54, 1.807) is 4.57 Å². The Morgan fingerprint density at radius 2 is 1.72 bits per heavy atom. The second-order valence-corrected chi connectivity index (χ2v) is 9.50. The molecule has 36 heavy (non-hydrogen) atoms. The average molecular weight is 482 g/mol. The lowest BCUT2D eigenvalue weighted by Crippen LogP contribution is -2.38. The van der Waals surface area contributed by atoms with E-state index in [9.17, 15) is 9.59 Å². The van der Waals surface area contributed by atoms with Gasteiger partial charge in [0.2, 0.25) is 0 Å². The number of benzene rings is 3. The number of amides is 1. The molecule has 0 spiro atoms. The molecule has 1 amide bonds. The Bertz CT molecular complexity index is 1440. The second kappa shape index (κ2) is 10.9. The summed E-state index contributed by atoms with van der Waals surface area (Å²) in [5, 5.41) is 0.566. The van der Waals surface area contributed by atoms with Gasteiger partial charge in [-0.05, 0) is 80.6 Å². The number of hydrogen-bond acceptors (Lipinski definition) is 3. The second-order valence-electron chi connectivity index (χ2n) is 9.50. The van der Waals surface area contributed by atoms with Crippen LogP contribution in [0.5, 0.6) is 0 Å². The molecule has 1 aromatic heterocycles. The lowest BCUT2D eigenvalue weighted by molar-refractivity contribution is 0.0678. The molecule has 186 valence electrons. The highest BCUT2D eigenvalue weighted by atomic mass is 16.2. The first kappa shape index (κ1) is 25.4. The van der Waals surface area contributed by atoms with Gasteiger partial charge in [-0.2, -0.15) is 0 Å². The molecule has 1 atom stereocenters. The normalized spacial score (nSPS) is 12.0. The molecule has 0 aliphatic carbocycles. The molecule has 5 nitrogen and oxygen atoms in total. The summed E-state index contributed by atoms with van der Waals surface area (Å²) in [7, 11) is 0. The highest BCUT2D eigenvalue weighted by Gasteiger charge is 2.27. The third-order valence-corrected chi connectivity index (χ3v) is 6.87. The van der Waals surface area contributed by atoms with Crippen LogP contribution in [-0.4, -0.2) is 26.9 Å². The minimum absolute atomic E-state index is 0.0477. The van der Waals surface area contributed by atoms with Gasteiger partial charge in [0.25, 0.3) is 11.5 Å². The minimum atomic E-state index is -0.410. The van der Waals surface area contributed by atoms with Crippen LogP contribution in [0.4, 0.5) is 0 Å². The highest BCUT2D eigenvalue weighted by Crippen LogP contribution is 2.26. The van der Waals surface area contributed by atoms with Crippen LogP contribution in [0.2, 0.25) is 0 Å². The highest BCUT2D eigenvalue weighted by molar-refractivity contribution is 5.94. The summed E-state index contributed by atoms with van der Waals surface area (Å²) in [6.45, 7) is 10.8. The summed E-state index contributed by atoms with van der Waals surface area (Å²) < 4.78 is 1.71. The van der Waals surface area contributed by atoms with Crippen molar-refractivity contribution in [3.8, 4) is 5.69 Å². The predicted molar refractivity (Wildman–Crippen MR) is 147 cm³/mol. The molecule has 0 aliphatic heterocycles. The summed E-state index contributed by atoms with van der Waals surface area (Å²) in [5.41, 5.74) is 5.21. The minimum Gasteiger partial charge on any atom is -0.329 e. The van der Waals surface area contributed by atoms with Crippen molar-refractivity contribution >= 4 is 16.8 Å². The van der Waals surface area contributed by atoms with Crippen molar-refractivity contribution in [2.45, 2.75) is 59.9 Å².